The zero-order valence-corrected chi connectivity index (χ0v) is 12.8. The van der Waals surface area contributed by atoms with E-state index in [0.29, 0.717) is 12.0 Å². The van der Waals surface area contributed by atoms with Crippen LogP contribution in [0, 0.1) is 22.7 Å². The lowest BCUT2D eigenvalue weighted by atomic mass is 9.69. The molecule has 2 aliphatic rings. The molecule has 0 bridgehead atoms. The highest BCUT2D eigenvalue weighted by Gasteiger charge is 2.41. The molecule has 3 heteroatoms. The van der Waals surface area contributed by atoms with Crippen molar-refractivity contribution >= 4 is 5.91 Å². The van der Waals surface area contributed by atoms with E-state index in [1.54, 1.807) is 0 Å². The molecule has 0 saturated heterocycles. The zero-order chi connectivity index (χ0) is 14.1. The van der Waals surface area contributed by atoms with Gasteiger partial charge in [0.2, 0.25) is 5.91 Å². The van der Waals surface area contributed by atoms with Crippen LogP contribution in [0.5, 0.6) is 0 Å². The van der Waals surface area contributed by atoms with Gasteiger partial charge in [-0.15, -0.1) is 0 Å². The molecule has 0 aromatic heterocycles. The fraction of sp³-hybridized carbons (Fsp3) is 0.938. The molecule has 1 amide bonds. The van der Waals surface area contributed by atoms with Crippen LogP contribution in [0.3, 0.4) is 0 Å². The molecule has 2 fully saturated rings. The Kier molecular flexibility index (Phi) is 4.24. The number of amides is 1. The van der Waals surface area contributed by atoms with Crippen molar-refractivity contribution in [1.82, 2.24) is 5.32 Å². The van der Waals surface area contributed by atoms with Crippen molar-refractivity contribution in [2.75, 3.05) is 13.1 Å². The van der Waals surface area contributed by atoms with Crippen LogP contribution in [-0.2, 0) is 4.79 Å². The second-order valence-corrected chi connectivity index (χ2v) is 7.84. The van der Waals surface area contributed by atoms with Gasteiger partial charge in [-0.3, -0.25) is 4.79 Å². The van der Waals surface area contributed by atoms with Crippen LogP contribution < -0.4 is 11.1 Å². The number of rotatable bonds is 4. The summed E-state index contributed by atoms with van der Waals surface area (Å²) in [4.78, 5) is 12.2. The minimum atomic E-state index is 0.243. The summed E-state index contributed by atoms with van der Waals surface area (Å²) in [6.07, 6.45) is 6.88. The topological polar surface area (TPSA) is 55.1 Å². The highest BCUT2D eigenvalue weighted by Crippen LogP contribution is 2.44. The maximum absolute atomic E-state index is 12.2. The van der Waals surface area contributed by atoms with E-state index < -0.39 is 0 Å². The smallest absolute Gasteiger partial charge is 0.223 e. The number of carbonyl (C=O) groups excluding carboxylic acids is 1. The van der Waals surface area contributed by atoms with E-state index in [2.05, 4.69) is 26.1 Å². The quantitative estimate of drug-likeness (QED) is 0.822. The number of hydrogen-bond donors (Lipinski definition) is 2. The third-order valence-corrected chi connectivity index (χ3v) is 5.35. The Morgan fingerprint density at radius 3 is 2.21 bits per heavy atom. The molecule has 3 N–H and O–H groups in total. The molecule has 3 nitrogen and oxygen atoms in total. The lowest BCUT2D eigenvalue weighted by molar-refractivity contribution is -0.126. The monoisotopic (exact) mass is 266 g/mol. The molecule has 2 aliphatic carbocycles. The summed E-state index contributed by atoms with van der Waals surface area (Å²) in [7, 11) is 0. The average molecular weight is 266 g/mol. The molecule has 0 aliphatic heterocycles. The minimum absolute atomic E-state index is 0.243. The molecule has 0 spiro atoms. The lowest BCUT2D eigenvalue weighted by Crippen LogP contribution is -2.39. The summed E-state index contributed by atoms with van der Waals surface area (Å²) in [5.74, 6) is 1.29. The van der Waals surface area contributed by atoms with Gasteiger partial charge >= 0.3 is 0 Å². The molecule has 2 saturated carbocycles. The van der Waals surface area contributed by atoms with Gasteiger partial charge in [0.05, 0.1) is 0 Å². The molecule has 2 rings (SSSR count). The maximum Gasteiger partial charge on any atom is 0.223 e. The Morgan fingerprint density at radius 1 is 1.21 bits per heavy atom. The number of nitrogens with two attached hydrogens (primary N) is 1. The number of hydrogen-bond acceptors (Lipinski definition) is 2. The summed E-state index contributed by atoms with van der Waals surface area (Å²) in [6.45, 7) is 8.45. The molecule has 0 aromatic rings. The van der Waals surface area contributed by atoms with Crippen molar-refractivity contribution in [2.45, 2.75) is 59.3 Å². The van der Waals surface area contributed by atoms with Gasteiger partial charge in [-0.2, -0.15) is 0 Å². The highest BCUT2D eigenvalue weighted by molar-refractivity contribution is 5.78. The van der Waals surface area contributed by atoms with E-state index in [9.17, 15) is 4.79 Å². The third kappa shape index (κ3) is 3.71. The number of nitrogens with one attached hydrogen (secondary N) is 1. The first kappa shape index (κ1) is 14.8. The van der Waals surface area contributed by atoms with Crippen LogP contribution in [-0.4, -0.2) is 19.0 Å². The van der Waals surface area contributed by atoms with Crippen LogP contribution in [0.25, 0.3) is 0 Å². The van der Waals surface area contributed by atoms with E-state index in [1.807, 2.05) is 0 Å². The van der Waals surface area contributed by atoms with Crippen LogP contribution in [0.2, 0.25) is 0 Å². The van der Waals surface area contributed by atoms with Crippen LogP contribution in [0.4, 0.5) is 0 Å². The summed E-state index contributed by atoms with van der Waals surface area (Å²) in [5.41, 5.74) is 6.38. The van der Waals surface area contributed by atoms with Crippen LogP contribution >= 0.6 is 0 Å². The fourth-order valence-electron chi connectivity index (χ4n) is 3.27. The van der Waals surface area contributed by atoms with Gasteiger partial charge in [-0.1, -0.05) is 20.8 Å². The van der Waals surface area contributed by atoms with Gasteiger partial charge < -0.3 is 11.1 Å². The van der Waals surface area contributed by atoms with Gasteiger partial charge in [0.25, 0.3) is 0 Å². The molecule has 110 valence electrons. The second kappa shape index (κ2) is 5.43. The predicted octanol–water partition coefficient (Wildman–Crippen LogP) is 2.69. The van der Waals surface area contributed by atoms with Crippen molar-refractivity contribution in [3.8, 4) is 0 Å². The predicted molar refractivity (Wildman–Crippen MR) is 78.6 cm³/mol. The van der Waals surface area contributed by atoms with Gasteiger partial charge in [0.1, 0.15) is 0 Å². The van der Waals surface area contributed by atoms with Gasteiger partial charge in [-0.25, -0.2) is 0 Å². The SMILES string of the molecule is CC(C)(C)C1CCC(C(=O)NCC2(CN)CC2)CC1. The van der Waals surface area contributed by atoms with Gasteiger partial charge in [0.15, 0.2) is 0 Å². The van der Waals surface area contributed by atoms with E-state index in [4.69, 9.17) is 5.73 Å². The molecule has 19 heavy (non-hydrogen) atoms. The van der Waals surface area contributed by atoms with E-state index >= 15 is 0 Å². The maximum atomic E-state index is 12.2. The first-order valence-corrected chi connectivity index (χ1v) is 7.84. The van der Waals surface area contributed by atoms with Crippen molar-refractivity contribution in [2.24, 2.45) is 28.4 Å². The summed E-state index contributed by atoms with van der Waals surface area (Å²) >= 11 is 0. The van der Waals surface area contributed by atoms with E-state index in [1.165, 1.54) is 25.7 Å². The molecule has 0 unspecified atom stereocenters. The van der Waals surface area contributed by atoms with Crippen molar-refractivity contribution in [3.05, 3.63) is 0 Å². The Hall–Kier alpha value is -0.570. The van der Waals surface area contributed by atoms with Gasteiger partial charge in [-0.05, 0) is 61.8 Å². The standard InChI is InChI=1S/C16H30N2O/c1-15(2,3)13-6-4-12(5-7-13)14(19)18-11-16(10-17)8-9-16/h12-13H,4-11,17H2,1-3H3,(H,18,19). The number of carbonyl (C=O) groups is 1. The minimum Gasteiger partial charge on any atom is -0.355 e. The summed E-state index contributed by atoms with van der Waals surface area (Å²) in [6, 6.07) is 0. The molecular weight excluding hydrogens is 236 g/mol. The molecule has 0 aromatic carbocycles. The largest absolute Gasteiger partial charge is 0.355 e. The van der Waals surface area contributed by atoms with Crippen molar-refractivity contribution in [3.63, 3.8) is 0 Å². The molecule has 0 heterocycles. The van der Waals surface area contributed by atoms with Crippen LogP contribution in [0.15, 0.2) is 0 Å². The lowest BCUT2D eigenvalue weighted by Gasteiger charge is -2.36. The molecule has 0 atom stereocenters. The fourth-order valence-corrected chi connectivity index (χ4v) is 3.27. The molecular formula is C16H30N2O. The highest BCUT2D eigenvalue weighted by atomic mass is 16.1. The van der Waals surface area contributed by atoms with E-state index in [-0.39, 0.29) is 17.2 Å². The summed E-state index contributed by atoms with van der Waals surface area (Å²) in [5, 5.41) is 3.14. The van der Waals surface area contributed by atoms with Gasteiger partial charge in [0, 0.05) is 12.5 Å². The Bertz CT molecular complexity index is 320. The normalized spacial score (nSPS) is 29.9. The van der Waals surface area contributed by atoms with Crippen molar-refractivity contribution in [1.29, 1.82) is 0 Å². The van der Waals surface area contributed by atoms with Crippen LogP contribution in [0.1, 0.15) is 59.3 Å². The first-order valence-electron chi connectivity index (χ1n) is 7.84. The Morgan fingerprint density at radius 2 is 1.79 bits per heavy atom. The Labute approximate surface area is 117 Å². The Balaban J connectivity index is 1.73. The second-order valence-electron chi connectivity index (χ2n) is 7.84. The third-order valence-electron chi connectivity index (χ3n) is 5.35. The molecule has 0 radical (unpaired) electrons. The first-order chi connectivity index (χ1) is 8.86. The van der Waals surface area contributed by atoms with Crippen molar-refractivity contribution < 1.29 is 4.79 Å². The average Bonchev–Trinajstić information content (AvgIpc) is 3.16. The van der Waals surface area contributed by atoms with E-state index in [0.717, 1.165) is 25.3 Å². The zero-order valence-electron chi connectivity index (χ0n) is 12.8. The summed E-state index contributed by atoms with van der Waals surface area (Å²) < 4.78 is 0.